The van der Waals surface area contributed by atoms with Crippen LogP contribution in [0.5, 0.6) is 0 Å². The first-order chi connectivity index (χ1) is 31.0. The van der Waals surface area contributed by atoms with Gasteiger partial charge in [0.15, 0.2) is 6.29 Å². The summed E-state index contributed by atoms with van der Waals surface area (Å²) in [5, 5.41) is 45.0. The number of carbonyl (C=O) groups is 1. The third kappa shape index (κ3) is 34.4. The largest absolute Gasteiger partial charge is 0.397 e. The SMILES string of the molecule is CCCCCCCCCCCCCCCCCCCCCCCCCC(O)C(COC1OC(CO)C(O)C(OS(=O)(=O)O)C1O)NC(=O)CCCCCCCCCCCCCCCC. The van der Waals surface area contributed by atoms with Crippen LogP contribution in [0.3, 0.4) is 0 Å². The molecule has 1 aliphatic heterocycles. The number of hydrogen-bond donors (Lipinski definition) is 6. The van der Waals surface area contributed by atoms with E-state index in [0.29, 0.717) is 12.8 Å². The minimum absolute atomic E-state index is 0.225. The summed E-state index contributed by atoms with van der Waals surface area (Å²) in [6.45, 7) is 3.48. The van der Waals surface area contributed by atoms with E-state index in [-0.39, 0.29) is 12.5 Å². The Balaban J connectivity index is 2.36. The van der Waals surface area contributed by atoms with Gasteiger partial charge in [-0.1, -0.05) is 245 Å². The summed E-state index contributed by atoms with van der Waals surface area (Å²) in [7, 11) is -5.07. The molecule has 0 aromatic rings. The predicted molar refractivity (Wildman–Crippen MR) is 259 cm³/mol. The Morgan fingerprint density at radius 3 is 1.25 bits per heavy atom. The Hall–Kier alpha value is -0.900. The molecular formula is C51H101NO11S. The lowest BCUT2D eigenvalue weighted by molar-refractivity contribution is -0.298. The summed E-state index contributed by atoms with van der Waals surface area (Å²) in [5.41, 5.74) is 0. The van der Waals surface area contributed by atoms with Crippen LogP contribution in [0.4, 0.5) is 0 Å². The monoisotopic (exact) mass is 936 g/mol. The van der Waals surface area contributed by atoms with Crippen molar-refractivity contribution < 1.29 is 51.8 Å². The first-order valence-corrected chi connectivity index (χ1v) is 28.3. The van der Waals surface area contributed by atoms with E-state index in [4.69, 9.17) is 9.47 Å². The van der Waals surface area contributed by atoms with Crippen LogP contribution in [0, 0.1) is 0 Å². The molecule has 1 fully saturated rings. The molecular weight excluding hydrogens is 835 g/mol. The van der Waals surface area contributed by atoms with Crippen LogP contribution in [0.1, 0.15) is 264 Å². The first-order valence-electron chi connectivity index (χ1n) is 26.9. The van der Waals surface area contributed by atoms with Gasteiger partial charge in [-0.2, -0.15) is 8.42 Å². The molecule has 7 atom stereocenters. The molecule has 12 nitrogen and oxygen atoms in total. The van der Waals surface area contributed by atoms with Gasteiger partial charge in [0.2, 0.25) is 5.91 Å². The molecule has 1 rings (SSSR count). The van der Waals surface area contributed by atoms with Crippen LogP contribution in [0.2, 0.25) is 0 Å². The van der Waals surface area contributed by atoms with Gasteiger partial charge in [-0.05, 0) is 12.8 Å². The van der Waals surface area contributed by atoms with Gasteiger partial charge in [-0.3, -0.25) is 9.35 Å². The summed E-state index contributed by atoms with van der Waals surface area (Å²) < 4.78 is 47.8. The number of unbranched alkanes of at least 4 members (excludes halogenated alkanes) is 35. The number of ether oxygens (including phenoxy) is 2. The van der Waals surface area contributed by atoms with Crippen molar-refractivity contribution in [2.24, 2.45) is 0 Å². The molecule has 7 unspecified atom stereocenters. The predicted octanol–water partition coefficient (Wildman–Crippen LogP) is 11.7. The molecule has 0 saturated carbocycles. The van der Waals surface area contributed by atoms with Gasteiger partial charge >= 0.3 is 10.4 Å². The topological polar surface area (TPSA) is 192 Å². The van der Waals surface area contributed by atoms with Gasteiger partial charge in [0.25, 0.3) is 0 Å². The quantitative estimate of drug-likeness (QED) is 0.0251. The van der Waals surface area contributed by atoms with Crippen molar-refractivity contribution in [3.8, 4) is 0 Å². The third-order valence-electron chi connectivity index (χ3n) is 13.2. The molecule has 1 heterocycles. The van der Waals surface area contributed by atoms with Gasteiger partial charge in [-0.15, -0.1) is 0 Å². The van der Waals surface area contributed by atoms with E-state index >= 15 is 0 Å². The minimum atomic E-state index is -5.07. The normalized spacial score (nSPS) is 20.1. The smallest absolute Gasteiger partial charge is 0.394 e. The van der Waals surface area contributed by atoms with Crippen LogP contribution < -0.4 is 5.32 Å². The standard InChI is InChI=1S/C51H101NO11S/c1-3-5-7-9-11-13-15-17-19-20-21-22-23-24-25-26-27-28-30-32-34-36-38-40-45(54)44(43-61-51-49(57)50(63-64(58,59)60)48(56)46(42-53)62-51)52-47(55)41-39-37-35-33-31-29-18-16-14-12-10-8-6-4-2/h44-46,48-51,53-54,56-57H,3-43H2,1-2H3,(H,52,55)(H,58,59,60). The molecule has 64 heavy (non-hydrogen) atoms. The van der Waals surface area contributed by atoms with Crippen molar-refractivity contribution >= 4 is 16.3 Å². The van der Waals surface area contributed by atoms with Gasteiger partial charge in [0.05, 0.1) is 25.4 Å². The van der Waals surface area contributed by atoms with Gasteiger partial charge in [-0.25, -0.2) is 4.18 Å². The summed E-state index contributed by atoms with van der Waals surface area (Å²) in [6, 6.07) is -0.852. The molecule has 382 valence electrons. The van der Waals surface area contributed by atoms with Crippen LogP contribution in [-0.4, -0.2) is 95.4 Å². The summed E-state index contributed by atoms with van der Waals surface area (Å²) in [5.74, 6) is -0.225. The Bertz CT molecular complexity index is 1150. The molecule has 0 aliphatic carbocycles. The minimum Gasteiger partial charge on any atom is -0.394 e. The van der Waals surface area contributed by atoms with Gasteiger partial charge in [0.1, 0.15) is 24.4 Å². The number of nitrogens with one attached hydrogen (secondary N) is 1. The number of aliphatic hydroxyl groups excluding tert-OH is 4. The van der Waals surface area contributed by atoms with Gasteiger partial charge < -0.3 is 35.2 Å². The van der Waals surface area contributed by atoms with E-state index in [0.717, 1.165) is 51.4 Å². The van der Waals surface area contributed by atoms with Crippen molar-refractivity contribution in [2.45, 2.75) is 307 Å². The van der Waals surface area contributed by atoms with Crippen LogP contribution in [-0.2, 0) is 28.9 Å². The van der Waals surface area contributed by atoms with E-state index in [1.807, 2.05) is 0 Å². The Morgan fingerprint density at radius 2 is 0.906 bits per heavy atom. The zero-order chi connectivity index (χ0) is 46.9. The second-order valence-electron chi connectivity index (χ2n) is 19.2. The number of carbonyl (C=O) groups excluding carboxylic acids is 1. The number of amides is 1. The Morgan fingerprint density at radius 1 is 0.562 bits per heavy atom. The lowest BCUT2D eigenvalue weighted by atomic mass is 9.99. The highest BCUT2D eigenvalue weighted by atomic mass is 32.3. The number of hydrogen-bond acceptors (Lipinski definition) is 10. The van der Waals surface area contributed by atoms with E-state index in [2.05, 4.69) is 23.3 Å². The number of aliphatic hydroxyl groups is 4. The fourth-order valence-electron chi connectivity index (χ4n) is 8.99. The zero-order valence-electron chi connectivity index (χ0n) is 41.1. The van der Waals surface area contributed by atoms with E-state index < -0.39 is 59.9 Å². The zero-order valence-corrected chi connectivity index (χ0v) is 41.9. The fraction of sp³-hybridized carbons (Fsp3) is 0.980. The molecule has 0 radical (unpaired) electrons. The molecule has 0 bridgehead atoms. The van der Waals surface area contributed by atoms with E-state index in [1.54, 1.807) is 0 Å². The maximum absolute atomic E-state index is 13.1. The maximum Gasteiger partial charge on any atom is 0.397 e. The Kier molecular flexibility index (Phi) is 40.3. The molecule has 0 spiro atoms. The van der Waals surface area contributed by atoms with Crippen molar-refractivity contribution in [3.05, 3.63) is 0 Å². The van der Waals surface area contributed by atoms with E-state index in [1.165, 1.54) is 186 Å². The molecule has 6 N–H and O–H groups in total. The van der Waals surface area contributed by atoms with Gasteiger partial charge in [0, 0.05) is 6.42 Å². The van der Waals surface area contributed by atoms with E-state index in [9.17, 15) is 38.2 Å². The molecule has 0 aromatic carbocycles. The van der Waals surface area contributed by atoms with Crippen LogP contribution >= 0.6 is 0 Å². The first kappa shape index (κ1) is 61.1. The maximum atomic E-state index is 13.1. The lowest BCUT2D eigenvalue weighted by Gasteiger charge is -2.41. The summed E-state index contributed by atoms with van der Waals surface area (Å²) >= 11 is 0. The lowest BCUT2D eigenvalue weighted by Crippen LogP contribution is -2.61. The highest BCUT2D eigenvalue weighted by Crippen LogP contribution is 2.26. The second kappa shape index (κ2) is 42.2. The van der Waals surface area contributed by atoms with Crippen molar-refractivity contribution in [1.82, 2.24) is 5.32 Å². The summed E-state index contributed by atoms with van der Waals surface area (Å²) in [4.78, 5) is 13.1. The highest BCUT2D eigenvalue weighted by Gasteiger charge is 2.48. The molecule has 1 aliphatic rings. The fourth-order valence-corrected chi connectivity index (χ4v) is 9.50. The molecule has 0 aromatic heterocycles. The van der Waals surface area contributed by atoms with Crippen LogP contribution in [0.25, 0.3) is 0 Å². The van der Waals surface area contributed by atoms with Crippen molar-refractivity contribution in [3.63, 3.8) is 0 Å². The third-order valence-corrected chi connectivity index (χ3v) is 13.6. The van der Waals surface area contributed by atoms with Crippen molar-refractivity contribution in [2.75, 3.05) is 13.2 Å². The Labute approximate surface area is 392 Å². The van der Waals surface area contributed by atoms with Crippen LogP contribution in [0.15, 0.2) is 0 Å². The molecule has 13 heteroatoms. The van der Waals surface area contributed by atoms with Crippen molar-refractivity contribution in [1.29, 1.82) is 0 Å². The summed E-state index contributed by atoms with van der Waals surface area (Å²) in [6.07, 6.45) is 38.2. The highest BCUT2D eigenvalue weighted by molar-refractivity contribution is 7.80. The number of rotatable bonds is 47. The molecule has 1 amide bonds. The second-order valence-corrected chi connectivity index (χ2v) is 20.2. The molecule has 1 saturated heterocycles. The average molecular weight is 936 g/mol. The average Bonchev–Trinajstić information content (AvgIpc) is 3.27.